The third kappa shape index (κ3) is 6.78. The Balaban J connectivity index is 1.45. The average molecular weight is 466 g/mol. The summed E-state index contributed by atoms with van der Waals surface area (Å²) in [6, 6.07) is 9.93. The summed E-state index contributed by atoms with van der Waals surface area (Å²) in [5.74, 6) is -0.533. The molecule has 2 heterocycles. The second kappa shape index (κ2) is 11.0. The molecule has 0 saturated heterocycles. The topological polar surface area (TPSA) is 87.2 Å². The molecule has 0 radical (unpaired) electrons. The summed E-state index contributed by atoms with van der Waals surface area (Å²) in [6.45, 7) is 2.75. The molecule has 1 aromatic carbocycles. The molecular formula is C19H20FN5O2S3. The van der Waals surface area contributed by atoms with E-state index < -0.39 is 0 Å². The lowest BCUT2D eigenvalue weighted by Gasteiger charge is -2.19. The van der Waals surface area contributed by atoms with E-state index in [1.54, 1.807) is 23.5 Å². The third-order valence-electron chi connectivity index (χ3n) is 3.91. The lowest BCUT2D eigenvalue weighted by Crippen LogP contribution is -2.41. The number of rotatable bonds is 10. The van der Waals surface area contributed by atoms with Crippen LogP contribution in [0.5, 0.6) is 0 Å². The van der Waals surface area contributed by atoms with E-state index in [9.17, 15) is 14.0 Å². The van der Waals surface area contributed by atoms with Gasteiger partial charge < -0.3 is 15.5 Å². The van der Waals surface area contributed by atoms with Gasteiger partial charge in [-0.05, 0) is 36.6 Å². The van der Waals surface area contributed by atoms with Gasteiger partial charge in [-0.15, -0.1) is 21.5 Å². The highest BCUT2D eigenvalue weighted by molar-refractivity contribution is 8.01. The molecule has 2 aromatic heterocycles. The van der Waals surface area contributed by atoms with Crippen molar-refractivity contribution in [1.29, 1.82) is 0 Å². The predicted molar refractivity (Wildman–Crippen MR) is 119 cm³/mol. The van der Waals surface area contributed by atoms with Crippen LogP contribution in [-0.4, -0.2) is 45.8 Å². The predicted octanol–water partition coefficient (Wildman–Crippen LogP) is 3.74. The van der Waals surface area contributed by atoms with Gasteiger partial charge in [-0.2, -0.15) is 0 Å². The molecule has 158 valence electrons. The van der Waals surface area contributed by atoms with Crippen LogP contribution in [0.1, 0.15) is 11.8 Å². The van der Waals surface area contributed by atoms with Gasteiger partial charge in [0, 0.05) is 17.1 Å². The first-order valence-corrected chi connectivity index (χ1v) is 11.8. The van der Waals surface area contributed by atoms with Gasteiger partial charge in [0.15, 0.2) is 4.34 Å². The zero-order valence-electron chi connectivity index (χ0n) is 16.1. The lowest BCUT2D eigenvalue weighted by atomic mass is 10.3. The van der Waals surface area contributed by atoms with Crippen LogP contribution in [0.3, 0.4) is 0 Å². The van der Waals surface area contributed by atoms with Crippen molar-refractivity contribution in [2.75, 3.05) is 24.2 Å². The molecule has 2 amide bonds. The summed E-state index contributed by atoms with van der Waals surface area (Å²) in [4.78, 5) is 27.2. The van der Waals surface area contributed by atoms with E-state index in [0.717, 1.165) is 4.88 Å². The standard InChI is InChI=1S/C19H20FN5O2S3/c1-2-25(11-16(26)21-10-15-7-4-8-28-15)17(27)12-29-19-24-23-18(30-19)22-14-6-3-5-13(20)9-14/h3-9H,2,10-12H2,1H3,(H,21,26)(H,22,23). The van der Waals surface area contributed by atoms with Crippen LogP contribution in [0.2, 0.25) is 0 Å². The quantitative estimate of drug-likeness (QED) is 0.444. The number of hydrogen-bond donors (Lipinski definition) is 2. The number of hydrogen-bond acceptors (Lipinski definition) is 8. The molecule has 0 unspecified atom stereocenters. The smallest absolute Gasteiger partial charge is 0.239 e. The first-order chi connectivity index (χ1) is 14.5. The van der Waals surface area contributed by atoms with E-state index in [2.05, 4.69) is 20.8 Å². The zero-order valence-corrected chi connectivity index (χ0v) is 18.6. The largest absolute Gasteiger partial charge is 0.350 e. The highest BCUT2D eigenvalue weighted by atomic mass is 32.2. The first kappa shape index (κ1) is 22.2. The summed E-state index contributed by atoms with van der Waals surface area (Å²) >= 11 is 4.10. The van der Waals surface area contributed by atoms with Crippen LogP contribution in [0.15, 0.2) is 46.1 Å². The van der Waals surface area contributed by atoms with Crippen molar-refractivity contribution in [3.8, 4) is 0 Å². The van der Waals surface area contributed by atoms with Gasteiger partial charge in [-0.1, -0.05) is 35.2 Å². The Bertz CT molecular complexity index is 980. The summed E-state index contributed by atoms with van der Waals surface area (Å²) in [5.41, 5.74) is 0.574. The zero-order chi connectivity index (χ0) is 21.3. The van der Waals surface area contributed by atoms with Crippen LogP contribution < -0.4 is 10.6 Å². The second-order valence-electron chi connectivity index (χ2n) is 6.06. The molecular weight excluding hydrogens is 445 g/mol. The number of carbonyl (C=O) groups excluding carboxylic acids is 2. The third-order valence-corrected chi connectivity index (χ3v) is 6.74. The Morgan fingerprint density at radius 1 is 1.23 bits per heavy atom. The summed E-state index contributed by atoms with van der Waals surface area (Å²) in [5, 5.41) is 16.3. The van der Waals surface area contributed by atoms with Gasteiger partial charge in [0.1, 0.15) is 5.82 Å². The second-order valence-corrected chi connectivity index (χ2v) is 9.29. The van der Waals surface area contributed by atoms with Crippen LogP contribution in [0.25, 0.3) is 0 Å². The summed E-state index contributed by atoms with van der Waals surface area (Å²) in [7, 11) is 0. The van der Waals surface area contributed by atoms with Crippen molar-refractivity contribution >= 4 is 57.1 Å². The number of aromatic nitrogens is 2. The maximum atomic E-state index is 13.3. The van der Waals surface area contributed by atoms with Gasteiger partial charge in [0.05, 0.1) is 18.8 Å². The number of thiophene rings is 1. The molecule has 0 aliphatic rings. The normalized spacial score (nSPS) is 10.6. The van der Waals surface area contributed by atoms with Crippen LogP contribution >= 0.6 is 34.4 Å². The van der Waals surface area contributed by atoms with Crippen molar-refractivity contribution in [3.05, 3.63) is 52.5 Å². The highest BCUT2D eigenvalue weighted by Crippen LogP contribution is 2.28. The number of amides is 2. The van der Waals surface area contributed by atoms with E-state index in [-0.39, 0.29) is 29.9 Å². The Morgan fingerprint density at radius 2 is 2.10 bits per heavy atom. The highest BCUT2D eigenvalue weighted by Gasteiger charge is 2.17. The summed E-state index contributed by atoms with van der Waals surface area (Å²) in [6.07, 6.45) is 0. The number of nitrogens with zero attached hydrogens (tertiary/aromatic N) is 3. The molecule has 2 N–H and O–H groups in total. The molecule has 7 nitrogen and oxygen atoms in total. The Labute approximate surface area is 185 Å². The maximum Gasteiger partial charge on any atom is 0.239 e. The monoisotopic (exact) mass is 465 g/mol. The number of nitrogens with one attached hydrogen (secondary N) is 2. The van der Waals surface area contributed by atoms with Crippen molar-refractivity contribution < 1.29 is 14.0 Å². The average Bonchev–Trinajstić information content (AvgIpc) is 3.41. The molecule has 0 aliphatic heterocycles. The minimum absolute atomic E-state index is 0.0176. The van der Waals surface area contributed by atoms with E-state index in [4.69, 9.17) is 0 Å². The molecule has 0 saturated carbocycles. The molecule has 0 bridgehead atoms. The SMILES string of the molecule is CCN(CC(=O)NCc1cccs1)C(=O)CSc1nnc(Nc2cccc(F)c2)s1. The number of halogens is 1. The van der Waals surface area contributed by atoms with Gasteiger partial charge in [-0.25, -0.2) is 4.39 Å². The van der Waals surface area contributed by atoms with Crippen molar-refractivity contribution in [1.82, 2.24) is 20.4 Å². The van der Waals surface area contributed by atoms with E-state index in [0.29, 0.717) is 28.2 Å². The molecule has 0 atom stereocenters. The van der Waals surface area contributed by atoms with Crippen molar-refractivity contribution in [3.63, 3.8) is 0 Å². The van der Waals surface area contributed by atoms with E-state index >= 15 is 0 Å². The van der Waals surface area contributed by atoms with E-state index in [1.807, 2.05) is 24.4 Å². The van der Waals surface area contributed by atoms with Crippen molar-refractivity contribution in [2.24, 2.45) is 0 Å². The van der Waals surface area contributed by atoms with E-state index in [1.165, 1.54) is 40.1 Å². The molecule has 3 rings (SSSR count). The molecule has 0 spiro atoms. The molecule has 11 heteroatoms. The van der Waals surface area contributed by atoms with Gasteiger partial charge >= 0.3 is 0 Å². The first-order valence-electron chi connectivity index (χ1n) is 9.09. The summed E-state index contributed by atoms with van der Waals surface area (Å²) < 4.78 is 13.9. The lowest BCUT2D eigenvalue weighted by molar-refractivity contribution is -0.133. The molecule has 0 aliphatic carbocycles. The number of carbonyl (C=O) groups is 2. The fraction of sp³-hybridized carbons (Fsp3) is 0.263. The van der Waals surface area contributed by atoms with Gasteiger partial charge in [0.2, 0.25) is 16.9 Å². The van der Waals surface area contributed by atoms with Gasteiger partial charge in [0.25, 0.3) is 0 Å². The Hall–Kier alpha value is -2.50. The maximum absolute atomic E-state index is 13.3. The minimum Gasteiger partial charge on any atom is -0.350 e. The Morgan fingerprint density at radius 3 is 2.83 bits per heavy atom. The van der Waals surface area contributed by atoms with Crippen LogP contribution in [0.4, 0.5) is 15.2 Å². The number of likely N-dealkylation sites (N-methyl/N-ethyl adjacent to an activating group) is 1. The van der Waals surface area contributed by atoms with Gasteiger partial charge in [-0.3, -0.25) is 9.59 Å². The minimum atomic E-state index is -0.344. The van der Waals surface area contributed by atoms with Crippen molar-refractivity contribution in [2.45, 2.75) is 17.8 Å². The molecule has 0 fully saturated rings. The Kier molecular flexibility index (Phi) is 8.17. The molecule has 30 heavy (non-hydrogen) atoms. The fourth-order valence-corrected chi connectivity index (χ4v) is 4.75. The van der Waals surface area contributed by atoms with Crippen LogP contribution in [0, 0.1) is 5.82 Å². The molecule has 3 aromatic rings. The fourth-order valence-electron chi connectivity index (χ4n) is 2.43. The number of benzene rings is 1. The number of anilines is 2. The van der Waals surface area contributed by atoms with Crippen LogP contribution in [-0.2, 0) is 16.1 Å². The number of thioether (sulfide) groups is 1.